The average Bonchev–Trinajstić information content (AvgIpc) is 2.91. The van der Waals surface area contributed by atoms with E-state index >= 15 is 0 Å². The number of carbonyl (C=O) groups is 2. The molecule has 116 valence electrons. The van der Waals surface area contributed by atoms with Crippen molar-refractivity contribution in [1.82, 2.24) is 5.32 Å². The third-order valence-electron chi connectivity index (χ3n) is 3.34. The highest BCUT2D eigenvalue weighted by molar-refractivity contribution is 7.12. The zero-order valence-corrected chi connectivity index (χ0v) is 13.7. The lowest BCUT2D eigenvalue weighted by molar-refractivity contribution is -0.124. The van der Waals surface area contributed by atoms with Crippen LogP contribution < -0.4 is 5.32 Å². The molecule has 0 bridgehead atoms. The Hall–Kier alpha value is -2.14. The van der Waals surface area contributed by atoms with Crippen molar-refractivity contribution in [1.29, 1.82) is 0 Å². The van der Waals surface area contributed by atoms with Gasteiger partial charge in [-0.1, -0.05) is 29.8 Å². The maximum absolute atomic E-state index is 11.9. The van der Waals surface area contributed by atoms with Crippen molar-refractivity contribution in [2.75, 3.05) is 6.61 Å². The smallest absolute Gasteiger partial charge is 0.349 e. The minimum absolute atomic E-state index is 0.129. The quantitative estimate of drug-likeness (QED) is 0.860. The predicted octanol–water partition coefficient (Wildman–Crippen LogP) is 3.40. The fourth-order valence-electron chi connectivity index (χ4n) is 2.00. The molecule has 1 amide bonds. The van der Waals surface area contributed by atoms with E-state index in [-0.39, 0.29) is 18.6 Å². The molecular formula is C17H19NO3S. The lowest BCUT2D eigenvalue weighted by Gasteiger charge is -2.14. The van der Waals surface area contributed by atoms with E-state index in [1.807, 2.05) is 56.5 Å². The van der Waals surface area contributed by atoms with Crippen LogP contribution in [0.2, 0.25) is 0 Å². The molecule has 22 heavy (non-hydrogen) atoms. The molecule has 2 rings (SSSR count). The molecular weight excluding hydrogens is 298 g/mol. The number of amides is 1. The Morgan fingerprint density at radius 3 is 2.45 bits per heavy atom. The van der Waals surface area contributed by atoms with Crippen molar-refractivity contribution in [3.63, 3.8) is 0 Å². The highest BCUT2D eigenvalue weighted by atomic mass is 32.1. The van der Waals surface area contributed by atoms with Gasteiger partial charge in [-0.25, -0.2) is 4.79 Å². The first-order valence-electron chi connectivity index (χ1n) is 7.04. The third-order valence-corrected chi connectivity index (χ3v) is 4.33. The second kappa shape index (κ2) is 7.22. The molecule has 2 aromatic rings. The molecule has 0 spiro atoms. The SMILES string of the molecule is Cc1ccc([C@@H](C)NC(=O)COC(=O)c2sccc2C)cc1. The van der Waals surface area contributed by atoms with E-state index in [1.54, 1.807) is 0 Å². The molecule has 1 heterocycles. The molecule has 0 aliphatic rings. The van der Waals surface area contributed by atoms with Gasteiger partial charge in [0.25, 0.3) is 5.91 Å². The summed E-state index contributed by atoms with van der Waals surface area (Å²) in [5.41, 5.74) is 3.05. The van der Waals surface area contributed by atoms with Crippen molar-refractivity contribution in [2.24, 2.45) is 0 Å². The Balaban J connectivity index is 1.84. The number of carbonyl (C=O) groups excluding carboxylic acids is 2. The Morgan fingerprint density at radius 1 is 1.18 bits per heavy atom. The van der Waals surface area contributed by atoms with Crippen LogP contribution >= 0.6 is 11.3 Å². The Morgan fingerprint density at radius 2 is 1.86 bits per heavy atom. The summed E-state index contributed by atoms with van der Waals surface area (Å²) in [6.07, 6.45) is 0. The van der Waals surface area contributed by atoms with Gasteiger partial charge in [0, 0.05) is 0 Å². The number of thiophene rings is 1. The van der Waals surface area contributed by atoms with Gasteiger partial charge in [0.1, 0.15) is 4.88 Å². The number of ether oxygens (including phenoxy) is 1. The van der Waals surface area contributed by atoms with Gasteiger partial charge in [-0.2, -0.15) is 0 Å². The first-order valence-corrected chi connectivity index (χ1v) is 7.92. The lowest BCUT2D eigenvalue weighted by Crippen LogP contribution is -2.31. The molecule has 0 aliphatic carbocycles. The zero-order valence-electron chi connectivity index (χ0n) is 12.9. The van der Waals surface area contributed by atoms with Crippen LogP contribution in [-0.4, -0.2) is 18.5 Å². The van der Waals surface area contributed by atoms with Crippen molar-refractivity contribution >= 4 is 23.2 Å². The van der Waals surface area contributed by atoms with Crippen LogP contribution in [0.15, 0.2) is 35.7 Å². The minimum Gasteiger partial charge on any atom is -0.451 e. The maximum atomic E-state index is 11.9. The second-order valence-corrected chi connectivity index (χ2v) is 6.12. The Bertz CT molecular complexity index is 661. The van der Waals surface area contributed by atoms with Crippen molar-refractivity contribution < 1.29 is 14.3 Å². The highest BCUT2D eigenvalue weighted by Crippen LogP contribution is 2.16. The number of nitrogens with one attached hydrogen (secondary N) is 1. The number of hydrogen-bond acceptors (Lipinski definition) is 4. The lowest BCUT2D eigenvalue weighted by atomic mass is 10.1. The number of benzene rings is 1. The highest BCUT2D eigenvalue weighted by Gasteiger charge is 2.15. The molecule has 5 heteroatoms. The molecule has 0 radical (unpaired) electrons. The minimum atomic E-state index is -0.453. The van der Waals surface area contributed by atoms with Gasteiger partial charge in [0.15, 0.2) is 6.61 Å². The van der Waals surface area contributed by atoms with E-state index in [9.17, 15) is 9.59 Å². The van der Waals surface area contributed by atoms with Crippen LogP contribution in [0.3, 0.4) is 0 Å². The first-order chi connectivity index (χ1) is 10.5. The Kier molecular flexibility index (Phi) is 5.33. The van der Waals surface area contributed by atoms with Crippen LogP contribution in [0.4, 0.5) is 0 Å². The average molecular weight is 317 g/mol. The summed E-state index contributed by atoms with van der Waals surface area (Å²) in [7, 11) is 0. The Labute approximate surface area is 134 Å². The summed E-state index contributed by atoms with van der Waals surface area (Å²) >= 11 is 1.32. The van der Waals surface area contributed by atoms with Crippen molar-refractivity contribution in [3.05, 3.63) is 57.3 Å². The molecule has 0 saturated heterocycles. The van der Waals surface area contributed by atoms with E-state index in [2.05, 4.69) is 5.32 Å². The van der Waals surface area contributed by atoms with Gasteiger partial charge in [-0.3, -0.25) is 4.79 Å². The monoisotopic (exact) mass is 317 g/mol. The molecule has 1 aromatic carbocycles. The van der Waals surface area contributed by atoms with Crippen LogP contribution in [0.1, 0.15) is 39.3 Å². The summed E-state index contributed by atoms with van der Waals surface area (Å²) in [5, 5.41) is 4.64. The van der Waals surface area contributed by atoms with E-state index in [0.717, 1.165) is 11.1 Å². The number of rotatable bonds is 5. The van der Waals surface area contributed by atoms with Crippen molar-refractivity contribution in [3.8, 4) is 0 Å². The van der Waals surface area contributed by atoms with Gasteiger partial charge in [-0.05, 0) is 43.3 Å². The predicted molar refractivity (Wildman–Crippen MR) is 87.1 cm³/mol. The van der Waals surface area contributed by atoms with Crippen molar-refractivity contribution in [2.45, 2.75) is 26.8 Å². The van der Waals surface area contributed by atoms with Gasteiger partial charge in [-0.15, -0.1) is 11.3 Å². The topological polar surface area (TPSA) is 55.4 Å². The third kappa shape index (κ3) is 4.18. The normalized spacial score (nSPS) is 11.8. The fourth-order valence-corrected chi connectivity index (χ4v) is 2.82. The molecule has 1 aromatic heterocycles. The van der Waals surface area contributed by atoms with E-state index < -0.39 is 5.97 Å². The molecule has 0 fully saturated rings. The fraction of sp³-hybridized carbons (Fsp3) is 0.294. The van der Waals surface area contributed by atoms with Gasteiger partial charge < -0.3 is 10.1 Å². The maximum Gasteiger partial charge on any atom is 0.349 e. The number of esters is 1. The summed E-state index contributed by atoms with van der Waals surface area (Å²) in [5.74, 6) is -0.763. The van der Waals surface area contributed by atoms with Crippen LogP contribution in [0, 0.1) is 13.8 Å². The summed E-state index contributed by atoms with van der Waals surface area (Å²) in [6.45, 7) is 5.48. The van der Waals surface area contributed by atoms with Gasteiger partial charge >= 0.3 is 5.97 Å². The largest absolute Gasteiger partial charge is 0.451 e. The summed E-state index contributed by atoms with van der Waals surface area (Å²) < 4.78 is 5.04. The summed E-state index contributed by atoms with van der Waals surface area (Å²) in [6, 6.07) is 9.66. The van der Waals surface area contributed by atoms with Crippen LogP contribution in [0.25, 0.3) is 0 Å². The van der Waals surface area contributed by atoms with E-state index in [4.69, 9.17) is 4.74 Å². The van der Waals surface area contributed by atoms with E-state index in [0.29, 0.717) is 4.88 Å². The second-order valence-electron chi connectivity index (χ2n) is 5.21. The number of aryl methyl sites for hydroxylation is 2. The van der Waals surface area contributed by atoms with Crippen LogP contribution in [0.5, 0.6) is 0 Å². The molecule has 4 nitrogen and oxygen atoms in total. The van der Waals surface area contributed by atoms with Gasteiger partial charge in [0.05, 0.1) is 6.04 Å². The molecule has 0 aliphatic heterocycles. The zero-order chi connectivity index (χ0) is 16.1. The molecule has 1 N–H and O–H groups in total. The van der Waals surface area contributed by atoms with E-state index in [1.165, 1.54) is 16.9 Å². The van der Waals surface area contributed by atoms with Crippen LogP contribution in [-0.2, 0) is 9.53 Å². The standard InChI is InChI=1S/C17H19NO3S/c1-11-4-6-14(7-5-11)13(3)18-15(19)10-21-17(20)16-12(2)8-9-22-16/h4-9,13H,10H2,1-3H3,(H,18,19)/t13-/m1/s1. The number of hydrogen-bond donors (Lipinski definition) is 1. The summed E-state index contributed by atoms with van der Waals surface area (Å²) in [4.78, 5) is 24.2. The molecule has 1 atom stereocenters. The molecule has 0 saturated carbocycles. The first kappa shape index (κ1) is 16.2. The molecule has 0 unspecified atom stereocenters. The van der Waals surface area contributed by atoms with Gasteiger partial charge in [0.2, 0.25) is 0 Å².